The van der Waals surface area contributed by atoms with E-state index in [0.29, 0.717) is 48.7 Å². The summed E-state index contributed by atoms with van der Waals surface area (Å²) in [5.74, 6) is -0.995. The van der Waals surface area contributed by atoms with Crippen molar-refractivity contribution in [1.29, 1.82) is 0 Å². The number of carbonyl (C=O) groups is 2. The third kappa shape index (κ3) is 6.96. The Morgan fingerprint density at radius 3 is 1.56 bits per heavy atom. The highest BCUT2D eigenvalue weighted by Gasteiger charge is 2.48. The molecule has 0 heterocycles. The minimum Gasteiger partial charge on any atom is -0.493 e. The largest absolute Gasteiger partial charge is 0.493 e. The van der Waals surface area contributed by atoms with Gasteiger partial charge in [-0.1, -0.05) is 24.3 Å². The highest BCUT2D eigenvalue weighted by Crippen LogP contribution is 2.42. The minimum absolute atomic E-state index is 0.0190. The van der Waals surface area contributed by atoms with Crippen LogP contribution in [0.15, 0.2) is 48.6 Å². The maximum Gasteiger partial charge on any atom is 0.251 e. The van der Waals surface area contributed by atoms with Gasteiger partial charge < -0.3 is 24.3 Å². The normalized spacial score (nSPS) is 18.7. The lowest BCUT2D eigenvalue weighted by atomic mass is 9.66. The Hall–Kier alpha value is -3.72. The predicted octanol–water partition coefficient (Wildman–Crippen LogP) is 5.90. The number of nitrogens with one attached hydrogen (secondary N) is 1. The van der Waals surface area contributed by atoms with Crippen molar-refractivity contribution in [2.24, 2.45) is 5.41 Å². The van der Waals surface area contributed by atoms with Gasteiger partial charge in [0.05, 0.1) is 33.9 Å². The lowest BCUT2D eigenvalue weighted by Crippen LogP contribution is -2.54. The van der Waals surface area contributed by atoms with E-state index in [1.807, 2.05) is 0 Å². The van der Waals surface area contributed by atoms with E-state index in [2.05, 4.69) is 5.32 Å². The number of hydrogen-bond acceptors (Lipinski definition) is 7. The first-order valence-corrected chi connectivity index (χ1v) is 13.7. The average Bonchev–Trinajstić information content (AvgIpc) is 2.97. The van der Waals surface area contributed by atoms with Crippen LogP contribution in [0.4, 0.5) is 8.78 Å². The summed E-state index contributed by atoms with van der Waals surface area (Å²) in [4.78, 5) is 27.5. The number of benzene rings is 2. The molecule has 9 heteroatoms. The molecule has 0 saturated heterocycles. The van der Waals surface area contributed by atoms with Crippen molar-refractivity contribution in [2.45, 2.75) is 56.5 Å². The summed E-state index contributed by atoms with van der Waals surface area (Å²) in [7, 11) is 6.16. The average molecular weight is 570 g/mol. The van der Waals surface area contributed by atoms with Gasteiger partial charge in [-0.25, -0.2) is 8.78 Å². The Morgan fingerprint density at radius 2 is 1.17 bits per heavy atom. The van der Waals surface area contributed by atoms with Crippen LogP contribution >= 0.6 is 0 Å². The summed E-state index contributed by atoms with van der Waals surface area (Å²) in [6.07, 6.45) is 7.59. The highest BCUT2D eigenvalue weighted by molar-refractivity contribution is 6.17. The smallest absolute Gasteiger partial charge is 0.251 e. The molecule has 2 aromatic rings. The molecule has 0 aromatic heterocycles. The van der Waals surface area contributed by atoms with Crippen LogP contribution in [0.1, 0.15) is 49.7 Å². The van der Waals surface area contributed by atoms with Crippen LogP contribution < -0.4 is 24.3 Å². The van der Waals surface area contributed by atoms with E-state index in [-0.39, 0.29) is 36.5 Å². The van der Waals surface area contributed by atoms with Gasteiger partial charge >= 0.3 is 0 Å². The number of allylic oxidation sites excluding steroid dienone is 2. The number of alkyl halides is 2. The third-order valence-electron chi connectivity index (χ3n) is 8.01. The van der Waals surface area contributed by atoms with E-state index in [4.69, 9.17) is 18.9 Å². The summed E-state index contributed by atoms with van der Waals surface area (Å²) in [6.45, 7) is 0. The molecule has 220 valence electrons. The number of rotatable bonds is 12. The van der Waals surface area contributed by atoms with Crippen molar-refractivity contribution in [1.82, 2.24) is 5.32 Å². The molecule has 0 spiro atoms. The first-order chi connectivity index (χ1) is 19.6. The lowest BCUT2D eigenvalue weighted by molar-refractivity contribution is -0.137. The van der Waals surface area contributed by atoms with Gasteiger partial charge in [0.25, 0.3) is 5.92 Å². The molecular formula is C32H37F2NO6. The van der Waals surface area contributed by atoms with Crippen LogP contribution in [0.2, 0.25) is 0 Å². The number of halogens is 2. The number of carbonyl (C=O) groups excluding carboxylic acids is 2. The fourth-order valence-corrected chi connectivity index (χ4v) is 5.58. The third-order valence-corrected chi connectivity index (χ3v) is 8.01. The van der Waals surface area contributed by atoms with Crippen LogP contribution in [0.25, 0.3) is 12.2 Å². The molecule has 7 nitrogen and oxygen atoms in total. The Labute approximate surface area is 239 Å². The SMILES string of the molecule is COc1ccc(/C=C/C(=O)C2(C(=O)/C=C/c3ccc(OC)c(OC)c3)CCC(NC3CC(F)(F)C3)CC2)cc1OC. The Morgan fingerprint density at radius 1 is 0.732 bits per heavy atom. The maximum absolute atomic E-state index is 13.7. The van der Waals surface area contributed by atoms with Gasteiger partial charge in [-0.3, -0.25) is 9.59 Å². The maximum atomic E-state index is 13.7. The van der Waals surface area contributed by atoms with Crippen LogP contribution in [-0.2, 0) is 9.59 Å². The number of ether oxygens (including phenoxy) is 4. The van der Waals surface area contributed by atoms with Crippen molar-refractivity contribution >= 4 is 23.7 Å². The van der Waals surface area contributed by atoms with Crippen molar-refractivity contribution in [3.63, 3.8) is 0 Å². The summed E-state index contributed by atoms with van der Waals surface area (Å²) in [5, 5.41) is 3.30. The monoisotopic (exact) mass is 569 g/mol. The van der Waals surface area contributed by atoms with E-state index < -0.39 is 11.3 Å². The van der Waals surface area contributed by atoms with Gasteiger partial charge in [0, 0.05) is 24.9 Å². The highest BCUT2D eigenvalue weighted by atomic mass is 19.3. The summed E-state index contributed by atoms with van der Waals surface area (Å²) in [6, 6.07) is 10.3. The predicted molar refractivity (Wildman–Crippen MR) is 153 cm³/mol. The van der Waals surface area contributed by atoms with E-state index >= 15 is 0 Å². The number of methoxy groups -OCH3 is 4. The Kier molecular flexibility index (Phi) is 9.48. The molecule has 2 aliphatic rings. The molecule has 0 bridgehead atoms. The molecule has 0 atom stereocenters. The quantitative estimate of drug-likeness (QED) is 0.252. The van der Waals surface area contributed by atoms with Gasteiger partial charge in [-0.15, -0.1) is 0 Å². The minimum atomic E-state index is -2.61. The summed E-state index contributed by atoms with van der Waals surface area (Å²) >= 11 is 0. The van der Waals surface area contributed by atoms with Crippen LogP contribution in [0.3, 0.4) is 0 Å². The van der Waals surface area contributed by atoms with E-state index in [0.717, 1.165) is 11.1 Å². The van der Waals surface area contributed by atoms with Crippen molar-refractivity contribution in [2.75, 3.05) is 28.4 Å². The molecule has 4 rings (SSSR count). The van der Waals surface area contributed by atoms with Gasteiger partial charge in [0.1, 0.15) is 0 Å². The van der Waals surface area contributed by atoms with Gasteiger partial charge in [-0.05, 0) is 73.2 Å². The molecule has 2 aromatic carbocycles. The Balaban J connectivity index is 1.54. The molecule has 2 fully saturated rings. The van der Waals surface area contributed by atoms with Gasteiger partial charge in [0.15, 0.2) is 34.6 Å². The molecule has 0 radical (unpaired) electrons. The van der Waals surface area contributed by atoms with Crippen LogP contribution in [0.5, 0.6) is 23.0 Å². The molecule has 0 amide bonds. The molecule has 2 saturated carbocycles. The van der Waals surface area contributed by atoms with Crippen LogP contribution in [0, 0.1) is 5.41 Å². The first-order valence-electron chi connectivity index (χ1n) is 13.7. The Bertz CT molecular complexity index is 1230. The summed E-state index contributed by atoms with van der Waals surface area (Å²) < 4.78 is 47.9. The zero-order valence-corrected chi connectivity index (χ0v) is 23.9. The first kappa shape index (κ1) is 30.2. The van der Waals surface area contributed by atoms with E-state index in [1.54, 1.807) is 62.8 Å². The fourth-order valence-electron chi connectivity index (χ4n) is 5.58. The second-order valence-electron chi connectivity index (χ2n) is 10.6. The zero-order chi connectivity index (χ0) is 29.6. The van der Waals surface area contributed by atoms with Crippen molar-refractivity contribution < 1.29 is 37.3 Å². The number of ketones is 2. The lowest BCUT2D eigenvalue weighted by Gasteiger charge is -2.42. The van der Waals surface area contributed by atoms with Crippen molar-refractivity contribution in [3.8, 4) is 23.0 Å². The number of hydrogen-bond donors (Lipinski definition) is 1. The van der Waals surface area contributed by atoms with Crippen LogP contribution in [-0.4, -0.2) is 58.0 Å². The second kappa shape index (κ2) is 12.9. The van der Waals surface area contributed by atoms with E-state index in [1.165, 1.54) is 26.4 Å². The second-order valence-corrected chi connectivity index (χ2v) is 10.6. The zero-order valence-electron chi connectivity index (χ0n) is 23.9. The molecule has 0 unspecified atom stereocenters. The molecule has 1 N–H and O–H groups in total. The van der Waals surface area contributed by atoms with Gasteiger partial charge in [-0.2, -0.15) is 0 Å². The molecule has 2 aliphatic carbocycles. The van der Waals surface area contributed by atoms with Crippen molar-refractivity contribution in [3.05, 3.63) is 59.7 Å². The standard InChI is InChI=1S/C32H37F2NO6/c1-38-25-9-5-21(17-27(25)40-3)7-11-29(36)31(15-13-23(14-16-31)35-24-19-32(33,34)20-24)30(37)12-8-22-6-10-26(39-2)28(18-22)41-4/h5-12,17-18,23-24,35H,13-16,19-20H2,1-4H3/b11-7+,12-8+. The van der Waals surface area contributed by atoms with E-state index in [9.17, 15) is 18.4 Å². The topological polar surface area (TPSA) is 83.1 Å². The molecular weight excluding hydrogens is 532 g/mol. The van der Waals surface area contributed by atoms with Gasteiger partial charge in [0.2, 0.25) is 0 Å². The molecule has 0 aliphatic heterocycles. The molecule has 41 heavy (non-hydrogen) atoms. The summed E-state index contributed by atoms with van der Waals surface area (Å²) in [5.41, 5.74) is 0.198. The fraction of sp³-hybridized carbons (Fsp3) is 0.438.